The molecule has 7 heteroatoms. The van der Waals surface area contributed by atoms with E-state index in [0.29, 0.717) is 19.4 Å². The van der Waals surface area contributed by atoms with Gasteiger partial charge in [0.2, 0.25) is 0 Å². The Kier molecular flexibility index (Phi) is 6.14. The number of aliphatic hydroxyl groups excluding tert-OH is 1. The van der Waals surface area contributed by atoms with E-state index in [1.54, 1.807) is 0 Å². The zero-order valence-electron chi connectivity index (χ0n) is 13.8. The first-order valence-electron chi connectivity index (χ1n) is 8.07. The van der Waals surface area contributed by atoms with Crippen LogP contribution in [0.2, 0.25) is 0 Å². The first-order chi connectivity index (χ1) is 11.4. The van der Waals surface area contributed by atoms with Crippen LogP contribution in [0, 0.1) is 5.82 Å². The highest BCUT2D eigenvalue weighted by atomic mass is 19.1. The summed E-state index contributed by atoms with van der Waals surface area (Å²) >= 11 is 0. The fourth-order valence-electron chi connectivity index (χ4n) is 2.82. The summed E-state index contributed by atoms with van der Waals surface area (Å²) in [7, 11) is 0. The van der Waals surface area contributed by atoms with Crippen molar-refractivity contribution in [1.29, 1.82) is 0 Å². The van der Waals surface area contributed by atoms with Gasteiger partial charge in [0.25, 0.3) is 5.91 Å². The summed E-state index contributed by atoms with van der Waals surface area (Å²) in [6.45, 7) is 2.08. The molecule has 1 aliphatic rings. The molecule has 0 bridgehead atoms. The summed E-state index contributed by atoms with van der Waals surface area (Å²) in [6, 6.07) is 2.12. The summed E-state index contributed by atoms with van der Waals surface area (Å²) in [5, 5.41) is 9.32. The zero-order chi connectivity index (χ0) is 17.7. The van der Waals surface area contributed by atoms with Gasteiger partial charge in [-0.15, -0.1) is 0 Å². The fourth-order valence-corrected chi connectivity index (χ4v) is 2.82. The Bertz CT molecular complexity index is 621. The van der Waals surface area contributed by atoms with Crippen LogP contribution >= 0.6 is 0 Å². The molecule has 0 radical (unpaired) electrons. The Balaban J connectivity index is 2.08. The van der Waals surface area contributed by atoms with Crippen molar-refractivity contribution in [3.05, 3.63) is 23.5 Å². The Morgan fingerprint density at radius 1 is 1.46 bits per heavy atom. The van der Waals surface area contributed by atoms with Crippen LogP contribution in [0.15, 0.2) is 12.1 Å². The quantitative estimate of drug-likeness (QED) is 0.584. The molecule has 1 saturated heterocycles. The van der Waals surface area contributed by atoms with Crippen LogP contribution in [0.1, 0.15) is 43.0 Å². The molecule has 1 aromatic rings. The monoisotopic (exact) mass is 338 g/mol. The van der Waals surface area contributed by atoms with E-state index in [9.17, 15) is 19.1 Å². The third kappa shape index (κ3) is 4.23. The van der Waals surface area contributed by atoms with E-state index >= 15 is 0 Å². The van der Waals surface area contributed by atoms with E-state index < -0.39 is 5.82 Å². The summed E-state index contributed by atoms with van der Waals surface area (Å²) in [5.41, 5.74) is 6.09. The fraction of sp³-hybridized carbons (Fsp3) is 0.529. The first kappa shape index (κ1) is 18.2. The molecule has 1 atom stereocenters. The van der Waals surface area contributed by atoms with Crippen molar-refractivity contribution in [2.24, 2.45) is 0 Å². The lowest BCUT2D eigenvalue weighted by Crippen LogP contribution is -2.38. The molecule has 24 heavy (non-hydrogen) atoms. The summed E-state index contributed by atoms with van der Waals surface area (Å²) < 4.78 is 19.5. The van der Waals surface area contributed by atoms with Gasteiger partial charge in [-0.3, -0.25) is 4.79 Å². The highest BCUT2D eigenvalue weighted by Crippen LogP contribution is 2.28. The summed E-state index contributed by atoms with van der Waals surface area (Å²) in [6.07, 6.45) is 2.38. The van der Waals surface area contributed by atoms with Crippen LogP contribution in [0.25, 0.3) is 0 Å². The SMILES string of the molecule is CC(=O)CCCOc1cc(N)c(C(=O)N2CCC[C@H]2CO)cc1F. The number of nitrogens with zero attached hydrogens (tertiary/aromatic N) is 1. The number of aliphatic hydroxyl groups is 1. The number of nitrogens with two attached hydrogens (primary N) is 1. The number of carbonyl (C=O) groups is 2. The van der Waals surface area contributed by atoms with Crippen molar-refractivity contribution >= 4 is 17.4 Å². The van der Waals surface area contributed by atoms with E-state index in [1.807, 2.05) is 0 Å². The molecule has 0 unspecified atom stereocenters. The molecule has 1 aromatic carbocycles. The van der Waals surface area contributed by atoms with Crippen LogP contribution < -0.4 is 10.5 Å². The molecule has 0 saturated carbocycles. The number of hydrogen-bond acceptors (Lipinski definition) is 5. The van der Waals surface area contributed by atoms with Crippen LogP contribution in [0.3, 0.4) is 0 Å². The van der Waals surface area contributed by atoms with Gasteiger partial charge in [-0.2, -0.15) is 0 Å². The third-order valence-electron chi connectivity index (χ3n) is 4.11. The maximum atomic E-state index is 14.2. The van der Waals surface area contributed by atoms with Crippen molar-refractivity contribution in [3.63, 3.8) is 0 Å². The highest BCUT2D eigenvalue weighted by Gasteiger charge is 2.30. The average Bonchev–Trinajstić information content (AvgIpc) is 3.02. The second kappa shape index (κ2) is 8.10. The average molecular weight is 338 g/mol. The maximum absolute atomic E-state index is 14.2. The number of ether oxygens (including phenoxy) is 1. The second-order valence-corrected chi connectivity index (χ2v) is 6.00. The van der Waals surface area contributed by atoms with Gasteiger partial charge >= 0.3 is 0 Å². The van der Waals surface area contributed by atoms with Gasteiger partial charge in [-0.1, -0.05) is 0 Å². The number of rotatable bonds is 7. The molecule has 0 spiro atoms. The van der Waals surface area contributed by atoms with E-state index in [2.05, 4.69) is 0 Å². The molecule has 0 aliphatic carbocycles. The minimum atomic E-state index is -0.671. The number of anilines is 1. The van der Waals surface area contributed by atoms with E-state index in [4.69, 9.17) is 10.5 Å². The Labute approximate surface area is 140 Å². The highest BCUT2D eigenvalue weighted by molar-refractivity contribution is 5.99. The van der Waals surface area contributed by atoms with Crippen LogP contribution in [0.4, 0.5) is 10.1 Å². The number of likely N-dealkylation sites (tertiary alicyclic amines) is 1. The minimum Gasteiger partial charge on any atom is -0.490 e. The smallest absolute Gasteiger partial charge is 0.256 e. The van der Waals surface area contributed by atoms with Gasteiger partial charge in [0.15, 0.2) is 11.6 Å². The molecule has 6 nitrogen and oxygen atoms in total. The molecule has 2 rings (SSSR count). The van der Waals surface area contributed by atoms with Gasteiger partial charge in [-0.05, 0) is 32.3 Å². The molecule has 1 heterocycles. The predicted molar refractivity (Wildman–Crippen MR) is 87.4 cm³/mol. The molecular formula is C17H23FN2O4. The van der Waals surface area contributed by atoms with Crippen molar-refractivity contribution in [1.82, 2.24) is 4.90 Å². The number of ketones is 1. The second-order valence-electron chi connectivity index (χ2n) is 6.00. The first-order valence-corrected chi connectivity index (χ1v) is 8.07. The largest absolute Gasteiger partial charge is 0.490 e. The molecule has 0 aromatic heterocycles. The summed E-state index contributed by atoms with van der Waals surface area (Å²) in [4.78, 5) is 24.9. The topological polar surface area (TPSA) is 92.9 Å². The lowest BCUT2D eigenvalue weighted by molar-refractivity contribution is -0.117. The van der Waals surface area contributed by atoms with E-state index in [1.165, 1.54) is 17.9 Å². The van der Waals surface area contributed by atoms with Crippen molar-refractivity contribution in [3.8, 4) is 5.75 Å². The molecular weight excluding hydrogens is 315 g/mol. The number of carbonyl (C=O) groups excluding carboxylic acids is 2. The zero-order valence-corrected chi connectivity index (χ0v) is 13.8. The normalized spacial score (nSPS) is 17.1. The van der Waals surface area contributed by atoms with Gasteiger partial charge in [0, 0.05) is 24.7 Å². The number of Topliss-reactive ketones (excluding diaryl/α,β-unsaturated/α-hetero) is 1. The molecule has 3 N–H and O–H groups in total. The van der Waals surface area contributed by atoms with Gasteiger partial charge in [0.1, 0.15) is 5.78 Å². The number of benzene rings is 1. The Hall–Kier alpha value is -2.15. The van der Waals surface area contributed by atoms with Gasteiger partial charge in [-0.25, -0.2) is 4.39 Å². The third-order valence-corrected chi connectivity index (χ3v) is 4.11. The summed E-state index contributed by atoms with van der Waals surface area (Å²) in [5.74, 6) is -1.04. The van der Waals surface area contributed by atoms with Gasteiger partial charge < -0.3 is 25.3 Å². The minimum absolute atomic E-state index is 0.0345. The van der Waals surface area contributed by atoms with E-state index in [0.717, 1.165) is 18.9 Å². The lowest BCUT2D eigenvalue weighted by atomic mass is 10.1. The van der Waals surface area contributed by atoms with Crippen molar-refractivity contribution in [2.45, 2.75) is 38.6 Å². The standard InChI is InChI=1S/C17H23FN2O4/c1-11(22)4-3-7-24-16-9-15(19)13(8-14(16)18)17(23)20-6-2-5-12(20)10-21/h8-9,12,21H,2-7,10,19H2,1H3/t12-/m0/s1. The number of nitrogen functional groups attached to an aromatic ring is 1. The Morgan fingerprint density at radius 2 is 2.21 bits per heavy atom. The Morgan fingerprint density at radius 3 is 2.88 bits per heavy atom. The van der Waals surface area contributed by atoms with Gasteiger partial charge in [0.05, 0.1) is 24.8 Å². The number of hydrogen-bond donors (Lipinski definition) is 2. The molecule has 1 aliphatic heterocycles. The predicted octanol–water partition coefficient (Wildman–Crippen LogP) is 1.75. The molecule has 1 fully saturated rings. The van der Waals surface area contributed by atoms with E-state index in [-0.39, 0.29) is 47.9 Å². The lowest BCUT2D eigenvalue weighted by Gasteiger charge is -2.24. The van der Waals surface area contributed by atoms with Crippen molar-refractivity contribution in [2.75, 3.05) is 25.5 Å². The maximum Gasteiger partial charge on any atom is 0.256 e. The molecule has 132 valence electrons. The number of amides is 1. The van der Waals surface area contributed by atoms with Crippen LogP contribution in [-0.2, 0) is 4.79 Å². The molecule has 1 amide bonds. The van der Waals surface area contributed by atoms with Crippen molar-refractivity contribution < 1.29 is 23.8 Å². The number of halogens is 1. The van der Waals surface area contributed by atoms with Crippen LogP contribution in [0.5, 0.6) is 5.75 Å². The van der Waals surface area contributed by atoms with Crippen LogP contribution in [-0.4, -0.2) is 47.5 Å².